The molecule has 2 heteroatoms. The Bertz CT molecular complexity index is 318. The molecule has 0 aliphatic rings. The lowest BCUT2D eigenvalue weighted by molar-refractivity contribution is 0.242. The van der Waals surface area contributed by atoms with E-state index in [1.165, 1.54) is 5.56 Å². The first kappa shape index (κ1) is 12.4. The molecule has 0 unspecified atom stereocenters. The molecule has 84 valence electrons. The fourth-order valence-corrected chi connectivity index (χ4v) is 1.74. The number of hydrogen-bond acceptors (Lipinski definition) is 1. The second-order valence-electron chi connectivity index (χ2n) is 4.53. The third-order valence-electron chi connectivity index (χ3n) is 2.00. The van der Waals surface area contributed by atoms with Crippen molar-refractivity contribution < 1.29 is 4.74 Å². The molecule has 0 spiro atoms. The SMILES string of the molecule is CC(C)Cc1ccc(OC(C)C)c(Cl)c1. The Morgan fingerprint density at radius 2 is 1.87 bits per heavy atom. The summed E-state index contributed by atoms with van der Waals surface area (Å²) in [5, 5.41) is 0.710. The van der Waals surface area contributed by atoms with Crippen LogP contribution in [0.25, 0.3) is 0 Å². The first-order chi connectivity index (χ1) is 6.99. The Balaban J connectivity index is 2.78. The summed E-state index contributed by atoms with van der Waals surface area (Å²) in [7, 11) is 0. The Labute approximate surface area is 97.4 Å². The van der Waals surface area contributed by atoms with Gasteiger partial charge < -0.3 is 4.74 Å². The average Bonchev–Trinajstić information content (AvgIpc) is 2.08. The molecular weight excluding hydrogens is 208 g/mol. The van der Waals surface area contributed by atoms with E-state index in [4.69, 9.17) is 16.3 Å². The highest BCUT2D eigenvalue weighted by molar-refractivity contribution is 6.32. The van der Waals surface area contributed by atoms with E-state index in [-0.39, 0.29) is 6.10 Å². The van der Waals surface area contributed by atoms with Crippen LogP contribution in [0, 0.1) is 5.92 Å². The minimum absolute atomic E-state index is 0.165. The van der Waals surface area contributed by atoms with Gasteiger partial charge >= 0.3 is 0 Å². The minimum atomic E-state index is 0.165. The van der Waals surface area contributed by atoms with Gasteiger partial charge in [-0.3, -0.25) is 0 Å². The summed E-state index contributed by atoms with van der Waals surface area (Å²) in [6.07, 6.45) is 1.22. The van der Waals surface area contributed by atoms with E-state index in [1.807, 2.05) is 26.0 Å². The minimum Gasteiger partial charge on any atom is -0.489 e. The molecule has 0 heterocycles. The fraction of sp³-hybridized carbons (Fsp3) is 0.538. The first-order valence-electron chi connectivity index (χ1n) is 5.44. The maximum atomic E-state index is 6.13. The molecule has 0 aliphatic heterocycles. The monoisotopic (exact) mass is 226 g/mol. The molecule has 0 N–H and O–H groups in total. The molecule has 0 atom stereocenters. The maximum absolute atomic E-state index is 6.13. The predicted octanol–water partition coefficient (Wildman–Crippen LogP) is 4.33. The Kier molecular flexibility index (Phi) is 4.46. The highest BCUT2D eigenvalue weighted by atomic mass is 35.5. The van der Waals surface area contributed by atoms with Crippen LogP contribution in [-0.4, -0.2) is 6.10 Å². The van der Waals surface area contributed by atoms with Gasteiger partial charge in [-0.15, -0.1) is 0 Å². The lowest BCUT2D eigenvalue weighted by Crippen LogP contribution is -2.06. The number of benzene rings is 1. The zero-order valence-corrected chi connectivity index (χ0v) is 10.6. The van der Waals surface area contributed by atoms with Gasteiger partial charge in [0.25, 0.3) is 0 Å². The lowest BCUT2D eigenvalue weighted by atomic mass is 10.0. The third kappa shape index (κ3) is 4.13. The van der Waals surface area contributed by atoms with Crippen molar-refractivity contribution in [2.75, 3.05) is 0 Å². The molecule has 0 bridgehead atoms. The van der Waals surface area contributed by atoms with Gasteiger partial charge in [-0.25, -0.2) is 0 Å². The first-order valence-corrected chi connectivity index (χ1v) is 5.82. The van der Waals surface area contributed by atoms with E-state index < -0.39 is 0 Å². The van der Waals surface area contributed by atoms with Crippen molar-refractivity contribution in [3.05, 3.63) is 28.8 Å². The Hall–Kier alpha value is -0.690. The van der Waals surface area contributed by atoms with E-state index in [0.717, 1.165) is 12.2 Å². The maximum Gasteiger partial charge on any atom is 0.138 e. The van der Waals surface area contributed by atoms with Crippen LogP contribution in [0.4, 0.5) is 0 Å². The molecule has 1 aromatic carbocycles. The van der Waals surface area contributed by atoms with Crippen LogP contribution in [0.2, 0.25) is 5.02 Å². The van der Waals surface area contributed by atoms with Crippen molar-refractivity contribution in [1.82, 2.24) is 0 Å². The molecule has 1 aromatic rings. The van der Waals surface area contributed by atoms with Crippen LogP contribution in [0.5, 0.6) is 5.75 Å². The second-order valence-corrected chi connectivity index (χ2v) is 4.94. The van der Waals surface area contributed by atoms with Crippen molar-refractivity contribution in [2.45, 2.75) is 40.2 Å². The quantitative estimate of drug-likeness (QED) is 0.743. The van der Waals surface area contributed by atoms with Gasteiger partial charge in [-0.05, 0) is 43.9 Å². The van der Waals surface area contributed by atoms with Gasteiger partial charge in [-0.1, -0.05) is 31.5 Å². The van der Waals surface area contributed by atoms with Crippen molar-refractivity contribution in [1.29, 1.82) is 0 Å². The molecule has 0 amide bonds. The summed E-state index contributed by atoms with van der Waals surface area (Å²) >= 11 is 6.13. The zero-order chi connectivity index (χ0) is 11.4. The van der Waals surface area contributed by atoms with Crippen molar-refractivity contribution in [2.24, 2.45) is 5.92 Å². The van der Waals surface area contributed by atoms with Gasteiger partial charge in [0.2, 0.25) is 0 Å². The summed E-state index contributed by atoms with van der Waals surface area (Å²) in [4.78, 5) is 0. The van der Waals surface area contributed by atoms with E-state index in [9.17, 15) is 0 Å². The smallest absolute Gasteiger partial charge is 0.138 e. The molecule has 1 rings (SSSR count). The molecule has 0 aliphatic carbocycles. The number of hydrogen-bond donors (Lipinski definition) is 0. The highest BCUT2D eigenvalue weighted by Crippen LogP contribution is 2.27. The Morgan fingerprint density at radius 3 is 2.33 bits per heavy atom. The van der Waals surface area contributed by atoms with E-state index in [2.05, 4.69) is 19.9 Å². The molecule has 1 nitrogen and oxygen atoms in total. The molecular formula is C13H19ClO. The molecule has 15 heavy (non-hydrogen) atoms. The van der Waals surface area contributed by atoms with Crippen LogP contribution in [0.15, 0.2) is 18.2 Å². The largest absolute Gasteiger partial charge is 0.489 e. The standard InChI is InChI=1S/C13H19ClO/c1-9(2)7-11-5-6-13(12(14)8-11)15-10(3)4/h5-6,8-10H,7H2,1-4H3. The number of rotatable bonds is 4. The van der Waals surface area contributed by atoms with Crippen LogP contribution in [0.1, 0.15) is 33.3 Å². The van der Waals surface area contributed by atoms with E-state index >= 15 is 0 Å². The summed E-state index contributed by atoms with van der Waals surface area (Å²) < 4.78 is 5.57. The fourth-order valence-electron chi connectivity index (χ4n) is 1.49. The third-order valence-corrected chi connectivity index (χ3v) is 2.30. The van der Waals surface area contributed by atoms with Gasteiger partial charge in [0.1, 0.15) is 5.75 Å². The summed E-state index contributed by atoms with van der Waals surface area (Å²) in [6, 6.07) is 6.04. The van der Waals surface area contributed by atoms with Crippen LogP contribution in [-0.2, 0) is 6.42 Å². The molecule has 0 saturated heterocycles. The van der Waals surface area contributed by atoms with E-state index in [0.29, 0.717) is 10.9 Å². The molecule has 0 fully saturated rings. The molecule has 0 aromatic heterocycles. The summed E-state index contributed by atoms with van der Waals surface area (Å²) in [5.41, 5.74) is 1.27. The van der Waals surface area contributed by atoms with Gasteiger partial charge in [0.05, 0.1) is 11.1 Å². The molecule has 0 radical (unpaired) electrons. The summed E-state index contributed by atoms with van der Waals surface area (Å²) in [5.74, 6) is 1.43. The normalized spacial score (nSPS) is 11.1. The lowest BCUT2D eigenvalue weighted by Gasteiger charge is -2.12. The van der Waals surface area contributed by atoms with Crippen LogP contribution < -0.4 is 4.74 Å². The number of ether oxygens (including phenoxy) is 1. The average molecular weight is 227 g/mol. The van der Waals surface area contributed by atoms with Crippen LogP contribution in [0.3, 0.4) is 0 Å². The van der Waals surface area contributed by atoms with Gasteiger partial charge in [0, 0.05) is 0 Å². The van der Waals surface area contributed by atoms with Crippen molar-refractivity contribution >= 4 is 11.6 Å². The van der Waals surface area contributed by atoms with Crippen molar-refractivity contribution in [3.63, 3.8) is 0 Å². The predicted molar refractivity (Wildman–Crippen MR) is 65.8 cm³/mol. The van der Waals surface area contributed by atoms with Gasteiger partial charge in [0.15, 0.2) is 0 Å². The summed E-state index contributed by atoms with van der Waals surface area (Å²) in [6.45, 7) is 8.40. The topological polar surface area (TPSA) is 9.23 Å². The van der Waals surface area contributed by atoms with Crippen molar-refractivity contribution in [3.8, 4) is 5.75 Å². The molecule has 0 saturated carbocycles. The second kappa shape index (κ2) is 5.41. The van der Waals surface area contributed by atoms with E-state index in [1.54, 1.807) is 0 Å². The number of halogens is 1. The highest BCUT2D eigenvalue weighted by Gasteiger charge is 2.05. The van der Waals surface area contributed by atoms with Gasteiger partial charge in [-0.2, -0.15) is 0 Å². The van der Waals surface area contributed by atoms with Crippen LogP contribution >= 0.6 is 11.6 Å². The zero-order valence-electron chi connectivity index (χ0n) is 9.88. The Morgan fingerprint density at radius 1 is 1.20 bits per heavy atom.